The molecule has 0 fully saturated rings. The van der Waals surface area contributed by atoms with Crippen molar-refractivity contribution in [3.63, 3.8) is 0 Å². The van der Waals surface area contributed by atoms with Crippen LogP contribution in [0.2, 0.25) is 0 Å². The number of hydrogen-bond acceptors (Lipinski definition) is 6. The van der Waals surface area contributed by atoms with Gasteiger partial charge in [-0.25, -0.2) is 4.98 Å². The van der Waals surface area contributed by atoms with Crippen molar-refractivity contribution >= 4 is 16.7 Å². The van der Waals surface area contributed by atoms with Crippen LogP contribution in [-0.2, 0) is 0 Å². The number of fused-ring (bicyclic) bond motifs is 1. The van der Waals surface area contributed by atoms with Crippen LogP contribution in [-0.4, -0.2) is 26.0 Å². The highest BCUT2D eigenvalue weighted by molar-refractivity contribution is 5.95. The molecule has 0 bridgehead atoms. The van der Waals surface area contributed by atoms with Gasteiger partial charge in [0.25, 0.3) is 0 Å². The predicted octanol–water partition coefficient (Wildman–Crippen LogP) is 1.91. The largest absolute Gasteiger partial charge is 0.424 e. The van der Waals surface area contributed by atoms with Gasteiger partial charge >= 0.3 is 6.01 Å². The summed E-state index contributed by atoms with van der Waals surface area (Å²) < 4.78 is 5.57. The molecule has 21 heavy (non-hydrogen) atoms. The number of nitrogens with zero attached hydrogens (tertiary/aromatic N) is 4. The van der Waals surface area contributed by atoms with Gasteiger partial charge < -0.3 is 15.7 Å². The molecule has 0 aliphatic heterocycles. The van der Waals surface area contributed by atoms with Crippen LogP contribution in [0.5, 0.6) is 11.8 Å². The third-order valence-electron chi connectivity index (χ3n) is 2.79. The van der Waals surface area contributed by atoms with Crippen LogP contribution in [0.15, 0.2) is 53.9 Å². The normalized spacial score (nSPS) is 11.5. The van der Waals surface area contributed by atoms with E-state index in [-0.39, 0.29) is 17.5 Å². The summed E-state index contributed by atoms with van der Waals surface area (Å²) in [4.78, 5) is 12.3. The van der Waals surface area contributed by atoms with Crippen molar-refractivity contribution in [1.82, 2.24) is 15.0 Å². The Hall–Kier alpha value is -3.22. The lowest BCUT2D eigenvalue weighted by Crippen LogP contribution is -2.15. The Bertz CT molecular complexity index is 819. The van der Waals surface area contributed by atoms with Gasteiger partial charge in [-0.1, -0.05) is 11.2 Å². The minimum absolute atomic E-state index is 0.106. The summed E-state index contributed by atoms with van der Waals surface area (Å²) in [6, 6.07) is 10.9. The van der Waals surface area contributed by atoms with Gasteiger partial charge in [0.1, 0.15) is 11.4 Å². The third-order valence-corrected chi connectivity index (χ3v) is 2.79. The predicted molar refractivity (Wildman–Crippen MR) is 76.4 cm³/mol. The first-order valence-corrected chi connectivity index (χ1v) is 6.10. The summed E-state index contributed by atoms with van der Waals surface area (Å²) in [5, 5.41) is 12.5. The fraction of sp³-hybridized carbons (Fsp3) is 0. The number of amidine groups is 1. The molecule has 0 radical (unpaired) electrons. The molecule has 3 rings (SSSR count). The second-order valence-electron chi connectivity index (χ2n) is 4.17. The average molecular weight is 281 g/mol. The van der Waals surface area contributed by atoms with E-state index < -0.39 is 0 Å². The van der Waals surface area contributed by atoms with E-state index >= 15 is 0 Å². The van der Waals surface area contributed by atoms with Crippen LogP contribution in [0.4, 0.5) is 0 Å². The van der Waals surface area contributed by atoms with Gasteiger partial charge in [0.15, 0.2) is 5.84 Å². The monoisotopic (exact) mass is 281 g/mol. The SMILES string of the molecule is N/C(=N/O)c1ccnc(Oc2ccc3cccnc3c2)n1. The van der Waals surface area contributed by atoms with Crippen molar-refractivity contribution in [2.45, 2.75) is 0 Å². The van der Waals surface area contributed by atoms with Crippen molar-refractivity contribution in [3.8, 4) is 11.8 Å². The lowest BCUT2D eigenvalue weighted by atomic mass is 10.2. The molecule has 7 heteroatoms. The first-order valence-electron chi connectivity index (χ1n) is 6.10. The second-order valence-corrected chi connectivity index (χ2v) is 4.17. The number of hydrogen-bond donors (Lipinski definition) is 2. The standard InChI is InChI=1S/C14H11N5O2/c15-13(19-20)11-5-7-17-14(18-11)21-10-4-3-9-2-1-6-16-12(9)8-10/h1-8,20H,(H2,15,19). The summed E-state index contributed by atoms with van der Waals surface area (Å²) in [5.41, 5.74) is 6.56. The second kappa shape index (κ2) is 5.41. The molecule has 2 aromatic heterocycles. The van der Waals surface area contributed by atoms with E-state index in [2.05, 4.69) is 20.1 Å². The van der Waals surface area contributed by atoms with Crippen molar-refractivity contribution < 1.29 is 9.94 Å². The van der Waals surface area contributed by atoms with Crippen LogP contribution in [0, 0.1) is 0 Å². The lowest BCUT2D eigenvalue weighted by molar-refractivity contribution is 0.318. The highest BCUT2D eigenvalue weighted by Gasteiger charge is 2.06. The number of rotatable bonds is 3. The van der Waals surface area contributed by atoms with E-state index in [1.54, 1.807) is 18.3 Å². The molecule has 0 saturated heterocycles. The highest BCUT2D eigenvalue weighted by Crippen LogP contribution is 2.22. The van der Waals surface area contributed by atoms with Crippen molar-refractivity contribution in [1.29, 1.82) is 0 Å². The lowest BCUT2D eigenvalue weighted by Gasteiger charge is -2.05. The third kappa shape index (κ3) is 2.71. The van der Waals surface area contributed by atoms with Gasteiger partial charge in [-0.15, -0.1) is 0 Å². The number of oxime groups is 1. The van der Waals surface area contributed by atoms with E-state index in [1.807, 2.05) is 18.2 Å². The molecule has 104 valence electrons. The molecule has 0 aliphatic carbocycles. The van der Waals surface area contributed by atoms with E-state index in [1.165, 1.54) is 12.3 Å². The summed E-state index contributed by atoms with van der Waals surface area (Å²) in [7, 11) is 0. The molecule has 3 N–H and O–H groups in total. The fourth-order valence-electron chi connectivity index (χ4n) is 1.80. The Balaban J connectivity index is 1.91. The van der Waals surface area contributed by atoms with Gasteiger partial charge in [0.05, 0.1) is 5.52 Å². The Morgan fingerprint density at radius 2 is 2.05 bits per heavy atom. The Morgan fingerprint density at radius 3 is 2.90 bits per heavy atom. The Morgan fingerprint density at radius 1 is 1.14 bits per heavy atom. The summed E-state index contributed by atoms with van der Waals surface area (Å²) in [6.45, 7) is 0. The fourth-order valence-corrected chi connectivity index (χ4v) is 1.80. The number of aromatic nitrogens is 3. The zero-order valence-corrected chi connectivity index (χ0v) is 10.8. The van der Waals surface area contributed by atoms with Crippen LogP contribution >= 0.6 is 0 Å². The van der Waals surface area contributed by atoms with Crippen LogP contribution in [0.3, 0.4) is 0 Å². The van der Waals surface area contributed by atoms with E-state index in [0.717, 1.165) is 10.9 Å². The molecule has 7 nitrogen and oxygen atoms in total. The number of nitrogens with two attached hydrogens (primary N) is 1. The molecular weight excluding hydrogens is 270 g/mol. The molecule has 0 atom stereocenters. The van der Waals surface area contributed by atoms with Crippen LogP contribution < -0.4 is 10.5 Å². The minimum Gasteiger partial charge on any atom is -0.424 e. The van der Waals surface area contributed by atoms with Gasteiger partial charge in [-0.3, -0.25) is 4.98 Å². The van der Waals surface area contributed by atoms with E-state index in [9.17, 15) is 0 Å². The van der Waals surface area contributed by atoms with Crippen molar-refractivity contribution in [2.24, 2.45) is 10.9 Å². The van der Waals surface area contributed by atoms with Gasteiger partial charge in [-0.05, 0) is 24.3 Å². The molecule has 3 aromatic rings. The van der Waals surface area contributed by atoms with Crippen LogP contribution in [0.1, 0.15) is 5.69 Å². The molecule has 0 amide bonds. The van der Waals surface area contributed by atoms with Crippen molar-refractivity contribution in [3.05, 3.63) is 54.5 Å². The summed E-state index contributed by atoms with van der Waals surface area (Å²) in [6.07, 6.45) is 3.18. The molecule has 0 unspecified atom stereocenters. The Labute approximate surface area is 119 Å². The average Bonchev–Trinajstić information content (AvgIpc) is 2.54. The van der Waals surface area contributed by atoms with Crippen molar-refractivity contribution in [2.75, 3.05) is 0 Å². The summed E-state index contributed by atoms with van der Waals surface area (Å²) >= 11 is 0. The smallest absolute Gasteiger partial charge is 0.322 e. The van der Waals surface area contributed by atoms with Gasteiger partial charge in [-0.2, -0.15) is 4.98 Å². The maximum Gasteiger partial charge on any atom is 0.322 e. The van der Waals surface area contributed by atoms with E-state index in [0.29, 0.717) is 5.75 Å². The zero-order chi connectivity index (χ0) is 14.7. The first-order chi connectivity index (χ1) is 10.3. The quantitative estimate of drug-likeness (QED) is 0.329. The highest BCUT2D eigenvalue weighted by atomic mass is 16.5. The number of pyridine rings is 1. The first kappa shape index (κ1) is 12.8. The molecule has 2 heterocycles. The molecular formula is C14H11N5O2. The molecule has 1 aromatic carbocycles. The van der Waals surface area contributed by atoms with E-state index in [4.69, 9.17) is 15.7 Å². The molecule has 0 aliphatic rings. The summed E-state index contributed by atoms with van der Waals surface area (Å²) in [5.74, 6) is 0.445. The van der Waals surface area contributed by atoms with Gasteiger partial charge in [0, 0.05) is 23.8 Å². The van der Waals surface area contributed by atoms with Gasteiger partial charge in [0.2, 0.25) is 0 Å². The number of ether oxygens (including phenoxy) is 1. The maximum atomic E-state index is 8.64. The maximum absolute atomic E-state index is 8.64. The minimum atomic E-state index is -0.109. The number of benzene rings is 1. The Kier molecular flexibility index (Phi) is 3.30. The zero-order valence-electron chi connectivity index (χ0n) is 10.8. The molecule has 0 spiro atoms. The topological polar surface area (TPSA) is 107 Å². The molecule has 0 saturated carbocycles. The van der Waals surface area contributed by atoms with Crippen LogP contribution in [0.25, 0.3) is 10.9 Å².